The number of hydrogen-bond donors (Lipinski definition) is 1. The van der Waals surface area contributed by atoms with Crippen molar-refractivity contribution in [3.05, 3.63) is 56.4 Å². The Hall–Kier alpha value is -2.91. The lowest BCUT2D eigenvalue weighted by atomic mass is 9.97. The maximum Gasteiger partial charge on any atom is 0.260 e. The molecule has 142 valence electrons. The zero-order valence-corrected chi connectivity index (χ0v) is 16.7. The van der Waals surface area contributed by atoms with Crippen molar-refractivity contribution in [2.45, 2.75) is 45.6 Å². The first kappa shape index (κ1) is 18.5. The van der Waals surface area contributed by atoms with Gasteiger partial charge in [-0.1, -0.05) is 18.2 Å². The van der Waals surface area contributed by atoms with Crippen LogP contribution in [0.15, 0.2) is 29.1 Å². The van der Waals surface area contributed by atoms with E-state index in [9.17, 15) is 10.1 Å². The lowest BCUT2D eigenvalue weighted by Crippen LogP contribution is -2.12. The molecule has 0 bridgehead atoms. The van der Waals surface area contributed by atoms with Crippen molar-refractivity contribution in [2.75, 3.05) is 0 Å². The molecule has 0 aliphatic heterocycles. The molecule has 0 atom stereocenters. The monoisotopic (exact) mass is 391 g/mol. The predicted molar refractivity (Wildman–Crippen MR) is 113 cm³/mol. The maximum atomic E-state index is 12.8. The fourth-order valence-electron chi connectivity index (χ4n) is 3.56. The number of H-pyrrole nitrogens is 1. The van der Waals surface area contributed by atoms with Gasteiger partial charge in [-0.15, -0.1) is 11.3 Å². The summed E-state index contributed by atoms with van der Waals surface area (Å²) in [5.74, 6) is 0.998. The Morgan fingerprint density at radius 1 is 1.32 bits per heavy atom. The van der Waals surface area contributed by atoms with E-state index in [4.69, 9.17) is 4.74 Å². The summed E-state index contributed by atoms with van der Waals surface area (Å²) in [5, 5.41) is 10.4. The maximum absolute atomic E-state index is 12.8. The van der Waals surface area contributed by atoms with Crippen molar-refractivity contribution in [1.82, 2.24) is 9.97 Å². The second-order valence-corrected chi connectivity index (χ2v) is 8.26. The molecule has 28 heavy (non-hydrogen) atoms. The van der Waals surface area contributed by atoms with Gasteiger partial charge in [0.15, 0.2) is 5.82 Å². The van der Waals surface area contributed by atoms with Crippen LogP contribution in [0.5, 0.6) is 5.75 Å². The first-order chi connectivity index (χ1) is 13.6. The lowest BCUT2D eigenvalue weighted by Gasteiger charge is -2.12. The van der Waals surface area contributed by atoms with Crippen LogP contribution in [0.3, 0.4) is 0 Å². The highest BCUT2D eigenvalue weighted by atomic mass is 32.1. The van der Waals surface area contributed by atoms with Crippen LogP contribution < -0.4 is 10.3 Å². The van der Waals surface area contributed by atoms with E-state index in [1.165, 1.54) is 4.88 Å². The minimum Gasteiger partial charge on any atom is -0.490 e. The van der Waals surface area contributed by atoms with Crippen LogP contribution >= 0.6 is 11.3 Å². The number of hydrogen-bond acceptors (Lipinski definition) is 5. The van der Waals surface area contributed by atoms with Gasteiger partial charge < -0.3 is 9.72 Å². The van der Waals surface area contributed by atoms with Gasteiger partial charge in [0.05, 0.1) is 17.1 Å². The van der Waals surface area contributed by atoms with Crippen LogP contribution in [0.25, 0.3) is 21.9 Å². The number of rotatable bonds is 4. The molecule has 3 aromatic rings. The summed E-state index contributed by atoms with van der Waals surface area (Å²) in [6, 6.07) is 9.71. The van der Waals surface area contributed by atoms with Gasteiger partial charge in [-0.05, 0) is 57.2 Å². The summed E-state index contributed by atoms with van der Waals surface area (Å²) in [5.41, 5.74) is 2.07. The number of ether oxygens (including phenoxy) is 1. The van der Waals surface area contributed by atoms with E-state index in [0.29, 0.717) is 22.5 Å². The molecule has 0 fully saturated rings. The van der Waals surface area contributed by atoms with Gasteiger partial charge in [0.2, 0.25) is 0 Å². The van der Waals surface area contributed by atoms with E-state index in [2.05, 4.69) is 16.0 Å². The number of para-hydroxylation sites is 1. The number of aryl methyl sites for hydroxylation is 2. The Balaban J connectivity index is 1.81. The number of thiophene rings is 1. The summed E-state index contributed by atoms with van der Waals surface area (Å²) >= 11 is 1.58. The van der Waals surface area contributed by atoms with Crippen molar-refractivity contribution in [3.8, 4) is 11.8 Å². The van der Waals surface area contributed by atoms with Gasteiger partial charge in [0, 0.05) is 10.4 Å². The van der Waals surface area contributed by atoms with Crippen LogP contribution in [0, 0.1) is 11.3 Å². The van der Waals surface area contributed by atoms with Crippen LogP contribution in [0.2, 0.25) is 0 Å². The first-order valence-corrected chi connectivity index (χ1v) is 10.3. The second-order valence-electron chi connectivity index (χ2n) is 7.18. The highest BCUT2D eigenvalue weighted by Gasteiger charge is 2.20. The molecule has 4 rings (SSSR count). The number of aromatic amines is 1. The fraction of sp³-hybridized carbons (Fsp3) is 0.318. The Morgan fingerprint density at radius 3 is 2.89 bits per heavy atom. The Kier molecular flexibility index (Phi) is 5.01. The van der Waals surface area contributed by atoms with Crippen molar-refractivity contribution >= 4 is 33.2 Å². The van der Waals surface area contributed by atoms with Gasteiger partial charge in [-0.3, -0.25) is 4.79 Å². The highest BCUT2D eigenvalue weighted by molar-refractivity contribution is 7.18. The highest BCUT2D eigenvalue weighted by Crippen LogP contribution is 2.34. The smallest absolute Gasteiger partial charge is 0.260 e. The molecule has 1 aromatic carbocycles. The standard InChI is InChI=1S/C22H21N3O2S/c1-13(2)27-17-9-5-3-7-14(17)11-15(12-23)20-24-21(26)19-16-8-4-6-10-18(16)28-22(19)25-20/h3,5,7,9,11,13H,4,6,8,10H2,1-2H3,(H,24,25,26)/b15-11-. The second kappa shape index (κ2) is 7.61. The molecular formula is C22H21N3O2S. The molecule has 2 heterocycles. The normalized spacial score (nSPS) is 14.1. The summed E-state index contributed by atoms with van der Waals surface area (Å²) in [6.07, 6.45) is 5.94. The van der Waals surface area contributed by atoms with Gasteiger partial charge in [0.25, 0.3) is 5.56 Å². The van der Waals surface area contributed by atoms with Crippen LogP contribution in [-0.4, -0.2) is 16.1 Å². The third kappa shape index (κ3) is 3.46. The summed E-state index contributed by atoms with van der Waals surface area (Å²) in [7, 11) is 0. The number of nitriles is 1. The largest absolute Gasteiger partial charge is 0.490 e. The van der Waals surface area contributed by atoms with E-state index in [0.717, 1.165) is 41.6 Å². The third-order valence-corrected chi connectivity index (χ3v) is 5.97. The van der Waals surface area contributed by atoms with Crippen LogP contribution in [0.1, 0.15) is 48.5 Å². The molecule has 0 saturated carbocycles. The van der Waals surface area contributed by atoms with Gasteiger partial charge >= 0.3 is 0 Å². The van der Waals surface area contributed by atoms with E-state index >= 15 is 0 Å². The number of allylic oxidation sites excluding steroid dienone is 1. The lowest BCUT2D eigenvalue weighted by molar-refractivity contribution is 0.242. The summed E-state index contributed by atoms with van der Waals surface area (Å²) in [6.45, 7) is 3.91. The average Bonchev–Trinajstić information content (AvgIpc) is 3.05. The number of nitrogens with zero attached hydrogens (tertiary/aromatic N) is 2. The van der Waals surface area contributed by atoms with Crippen molar-refractivity contribution in [1.29, 1.82) is 5.26 Å². The molecule has 0 saturated heterocycles. The zero-order chi connectivity index (χ0) is 19.7. The van der Waals surface area contributed by atoms with Crippen molar-refractivity contribution in [2.24, 2.45) is 0 Å². The van der Waals surface area contributed by atoms with E-state index in [1.807, 2.05) is 38.1 Å². The van der Waals surface area contributed by atoms with E-state index < -0.39 is 0 Å². The van der Waals surface area contributed by atoms with E-state index in [1.54, 1.807) is 17.4 Å². The zero-order valence-electron chi connectivity index (χ0n) is 15.9. The van der Waals surface area contributed by atoms with Crippen LogP contribution in [-0.2, 0) is 12.8 Å². The molecular weight excluding hydrogens is 370 g/mol. The molecule has 0 radical (unpaired) electrons. The Morgan fingerprint density at radius 2 is 2.11 bits per heavy atom. The Bertz CT molecular complexity index is 1160. The molecule has 0 amide bonds. The average molecular weight is 391 g/mol. The van der Waals surface area contributed by atoms with Gasteiger partial charge in [-0.2, -0.15) is 5.26 Å². The Labute approximate surface area is 167 Å². The van der Waals surface area contributed by atoms with Gasteiger partial charge in [-0.25, -0.2) is 4.98 Å². The molecule has 1 N–H and O–H groups in total. The molecule has 1 aliphatic rings. The van der Waals surface area contributed by atoms with E-state index in [-0.39, 0.29) is 11.7 Å². The van der Waals surface area contributed by atoms with Crippen molar-refractivity contribution < 1.29 is 4.74 Å². The SMILES string of the molecule is CC(C)Oc1ccccc1/C=C(/C#N)c1nc2sc3c(c2c(=O)[nH]1)CCCC3. The summed E-state index contributed by atoms with van der Waals surface area (Å²) < 4.78 is 5.83. The van der Waals surface area contributed by atoms with Crippen molar-refractivity contribution in [3.63, 3.8) is 0 Å². The van der Waals surface area contributed by atoms with Gasteiger partial charge in [0.1, 0.15) is 16.6 Å². The molecule has 6 heteroatoms. The molecule has 0 spiro atoms. The first-order valence-electron chi connectivity index (χ1n) is 9.49. The molecule has 2 aromatic heterocycles. The third-order valence-electron chi connectivity index (χ3n) is 4.78. The minimum absolute atomic E-state index is 0.0202. The van der Waals surface area contributed by atoms with Crippen LogP contribution in [0.4, 0.5) is 0 Å². The topological polar surface area (TPSA) is 78.8 Å². The molecule has 5 nitrogen and oxygen atoms in total. The molecule has 1 aliphatic carbocycles. The number of benzene rings is 1. The summed E-state index contributed by atoms with van der Waals surface area (Å²) in [4.78, 5) is 22.2. The number of aromatic nitrogens is 2. The predicted octanol–water partition coefficient (Wildman–Crippen LogP) is 4.71. The fourth-order valence-corrected chi connectivity index (χ4v) is 4.82. The number of nitrogens with one attached hydrogen (secondary N) is 1. The number of fused-ring (bicyclic) bond motifs is 3. The quantitative estimate of drug-likeness (QED) is 0.653. The molecule has 0 unspecified atom stereocenters. The minimum atomic E-state index is -0.160.